The molecule has 3 nitrogen and oxygen atoms in total. The number of anilines is 1. The molecule has 2 aromatic rings. The van der Waals surface area contributed by atoms with Gasteiger partial charge in [-0.1, -0.05) is 29.8 Å². The van der Waals surface area contributed by atoms with E-state index < -0.39 is 5.82 Å². The van der Waals surface area contributed by atoms with Crippen LogP contribution in [0.4, 0.5) is 10.1 Å². The van der Waals surface area contributed by atoms with Gasteiger partial charge < -0.3 is 10.6 Å². The Labute approximate surface area is 134 Å². The van der Waals surface area contributed by atoms with Crippen molar-refractivity contribution in [3.63, 3.8) is 0 Å². The van der Waals surface area contributed by atoms with Crippen LogP contribution in [0.3, 0.4) is 0 Å². The Morgan fingerprint density at radius 1 is 1.27 bits per heavy atom. The number of nitrogens with two attached hydrogens (primary N) is 1. The second kappa shape index (κ2) is 7.38. The topological polar surface area (TPSA) is 45.7 Å². The summed E-state index contributed by atoms with van der Waals surface area (Å²) in [6.45, 7) is 4.02. The summed E-state index contributed by atoms with van der Waals surface area (Å²) in [4.78, 5) is 11.9. The molecule has 0 aliphatic heterocycles. The molecule has 0 aliphatic rings. The van der Waals surface area contributed by atoms with Crippen LogP contribution >= 0.6 is 11.6 Å². The van der Waals surface area contributed by atoms with Crippen LogP contribution in [-0.4, -0.2) is 12.5 Å². The van der Waals surface area contributed by atoms with Crippen molar-refractivity contribution < 1.29 is 14.5 Å². The van der Waals surface area contributed by atoms with Gasteiger partial charge in [-0.15, -0.1) is 0 Å². The lowest BCUT2D eigenvalue weighted by Gasteiger charge is -2.11. The molecule has 0 spiro atoms. The van der Waals surface area contributed by atoms with E-state index in [2.05, 4.69) is 5.32 Å². The average Bonchev–Trinajstić information content (AvgIpc) is 2.48. The Morgan fingerprint density at radius 2 is 1.95 bits per heavy atom. The number of quaternary nitrogens is 1. The number of hydrogen-bond donors (Lipinski definition) is 2. The highest BCUT2D eigenvalue weighted by Gasteiger charge is 2.13. The van der Waals surface area contributed by atoms with E-state index in [1.165, 1.54) is 6.07 Å². The van der Waals surface area contributed by atoms with Crippen molar-refractivity contribution >= 4 is 23.2 Å². The van der Waals surface area contributed by atoms with E-state index in [4.69, 9.17) is 11.6 Å². The number of carbonyl (C=O) groups excluding carboxylic acids is 1. The summed E-state index contributed by atoms with van der Waals surface area (Å²) in [5, 5.41) is 5.16. The van der Waals surface area contributed by atoms with Crippen LogP contribution in [0.25, 0.3) is 0 Å². The number of amides is 1. The molecule has 0 saturated heterocycles. The number of aryl methyl sites for hydroxylation is 1. The molecule has 0 fully saturated rings. The minimum Gasteiger partial charge on any atom is -0.333 e. The Morgan fingerprint density at radius 3 is 2.59 bits per heavy atom. The van der Waals surface area contributed by atoms with Crippen molar-refractivity contribution in [3.8, 4) is 0 Å². The first-order valence-electron chi connectivity index (χ1n) is 7.10. The first kappa shape index (κ1) is 16.5. The second-order valence-electron chi connectivity index (χ2n) is 5.31. The maximum absolute atomic E-state index is 13.7. The van der Waals surface area contributed by atoms with E-state index in [1.807, 2.05) is 36.5 Å². The summed E-state index contributed by atoms with van der Waals surface area (Å²) in [6, 6.07) is 12.4. The molecule has 22 heavy (non-hydrogen) atoms. The molecular weight excluding hydrogens is 303 g/mol. The van der Waals surface area contributed by atoms with Crippen LogP contribution in [-0.2, 0) is 4.79 Å². The van der Waals surface area contributed by atoms with Gasteiger partial charge in [0.1, 0.15) is 11.9 Å². The molecule has 3 N–H and O–H groups in total. The average molecular weight is 322 g/mol. The molecular formula is C17H19ClFN2O+. The van der Waals surface area contributed by atoms with Crippen LogP contribution in [0.2, 0.25) is 5.02 Å². The second-order valence-corrected chi connectivity index (χ2v) is 5.75. The SMILES string of the molecule is Cc1ccc(NC(=O)C[NH2+][C@H](C)c2ccc(Cl)cc2)c(F)c1. The van der Waals surface area contributed by atoms with Crippen LogP contribution in [0.15, 0.2) is 42.5 Å². The third-order valence-corrected chi connectivity index (χ3v) is 3.70. The summed E-state index contributed by atoms with van der Waals surface area (Å²) >= 11 is 5.85. The largest absolute Gasteiger partial charge is 0.333 e. The zero-order chi connectivity index (χ0) is 16.1. The fourth-order valence-corrected chi connectivity index (χ4v) is 2.23. The van der Waals surface area contributed by atoms with Crippen molar-refractivity contribution in [1.29, 1.82) is 0 Å². The summed E-state index contributed by atoms with van der Waals surface area (Å²) < 4.78 is 13.7. The van der Waals surface area contributed by atoms with E-state index in [9.17, 15) is 9.18 Å². The fourth-order valence-electron chi connectivity index (χ4n) is 2.11. The number of nitrogens with one attached hydrogen (secondary N) is 1. The van der Waals surface area contributed by atoms with Crippen molar-refractivity contribution in [1.82, 2.24) is 0 Å². The molecule has 2 rings (SSSR count). The van der Waals surface area contributed by atoms with Gasteiger partial charge in [-0.25, -0.2) is 4.39 Å². The third kappa shape index (κ3) is 4.55. The lowest BCUT2D eigenvalue weighted by Crippen LogP contribution is -2.86. The monoisotopic (exact) mass is 321 g/mol. The predicted molar refractivity (Wildman–Crippen MR) is 86.4 cm³/mol. The van der Waals surface area contributed by atoms with Crippen LogP contribution in [0.1, 0.15) is 24.1 Å². The van der Waals surface area contributed by atoms with Crippen molar-refractivity contribution in [2.45, 2.75) is 19.9 Å². The number of benzene rings is 2. The predicted octanol–water partition coefficient (Wildman–Crippen LogP) is 3.05. The van der Waals surface area contributed by atoms with Crippen LogP contribution in [0, 0.1) is 12.7 Å². The highest BCUT2D eigenvalue weighted by molar-refractivity contribution is 6.30. The molecule has 5 heteroatoms. The van der Waals surface area contributed by atoms with Gasteiger partial charge in [0, 0.05) is 10.6 Å². The summed E-state index contributed by atoms with van der Waals surface area (Å²) in [5.41, 5.74) is 2.11. The van der Waals surface area contributed by atoms with Gasteiger partial charge in [0.15, 0.2) is 6.54 Å². The Bertz CT molecular complexity index is 658. The maximum Gasteiger partial charge on any atom is 0.279 e. The molecule has 1 amide bonds. The molecule has 0 saturated carbocycles. The molecule has 0 radical (unpaired) electrons. The molecule has 116 valence electrons. The zero-order valence-corrected chi connectivity index (χ0v) is 13.3. The summed E-state index contributed by atoms with van der Waals surface area (Å²) in [6.07, 6.45) is 0. The highest BCUT2D eigenvalue weighted by atomic mass is 35.5. The molecule has 2 aromatic carbocycles. The molecule has 0 bridgehead atoms. The van der Waals surface area contributed by atoms with E-state index in [0.29, 0.717) is 5.02 Å². The number of carbonyl (C=O) groups is 1. The molecule has 0 heterocycles. The minimum atomic E-state index is -0.418. The van der Waals surface area contributed by atoms with Gasteiger partial charge in [-0.05, 0) is 43.7 Å². The van der Waals surface area contributed by atoms with E-state index >= 15 is 0 Å². The molecule has 0 unspecified atom stereocenters. The quantitative estimate of drug-likeness (QED) is 0.873. The van der Waals surface area contributed by atoms with Crippen molar-refractivity contribution in [3.05, 3.63) is 64.4 Å². The highest BCUT2D eigenvalue weighted by Crippen LogP contribution is 2.15. The van der Waals surface area contributed by atoms with Gasteiger partial charge in [0.2, 0.25) is 0 Å². The Hall–Kier alpha value is -1.91. The molecule has 0 aliphatic carbocycles. The summed E-state index contributed by atoms with van der Waals surface area (Å²) in [5.74, 6) is -0.650. The van der Waals surface area contributed by atoms with Gasteiger partial charge >= 0.3 is 0 Å². The van der Waals surface area contributed by atoms with E-state index in [-0.39, 0.29) is 24.2 Å². The Kier molecular flexibility index (Phi) is 5.52. The lowest BCUT2D eigenvalue weighted by molar-refractivity contribution is -0.682. The molecule has 0 aromatic heterocycles. The van der Waals surface area contributed by atoms with E-state index in [0.717, 1.165) is 11.1 Å². The van der Waals surface area contributed by atoms with Crippen LogP contribution in [0.5, 0.6) is 0 Å². The Balaban J connectivity index is 1.88. The minimum absolute atomic E-state index is 0.117. The smallest absolute Gasteiger partial charge is 0.279 e. The fraction of sp³-hybridized carbons (Fsp3) is 0.235. The first-order valence-corrected chi connectivity index (χ1v) is 7.48. The van der Waals surface area contributed by atoms with Crippen LogP contribution < -0.4 is 10.6 Å². The van der Waals surface area contributed by atoms with Gasteiger partial charge in [0.25, 0.3) is 5.91 Å². The number of rotatable bonds is 5. The third-order valence-electron chi connectivity index (χ3n) is 3.45. The normalized spacial score (nSPS) is 12.0. The first-order chi connectivity index (χ1) is 10.5. The van der Waals surface area contributed by atoms with Crippen molar-refractivity contribution in [2.75, 3.05) is 11.9 Å². The van der Waals surface area contributed by atoms with Gasteiger partial charge in [0.05, 0.1) is 5.69 Å². The van der Waals surface area contributed by atoms with Gasteiger partial charge in [-0.3, -0.25) is 4.79 Å². The molecule has 1 atom stereocenters. The van der Waals surface area contributed by atoms with Gasteiger partial charge in [-0.2, -0.15) is 0 Å². The number of hydrogen-bond acceptors (Lipinski definition) is 1. The van der Waals surface area contributed by atoms with E-state index in [1.54, 1.807) is 19.1 Å². The van der Waals surface area contributed by atoms with Crippen molar-refractivity contribution in [2.24, 2.45) is 0 Å². The maximum atomic E-state index is 13.7. The zero-order valence-electron chi connectivity index (χ0n) is 12.6. The summed E-state index contributed by atoms with van der Waals surface area (Å²) in [7, 11) is 0. The lowest BCUT2D eigenvalue weighted by atomic mass is 10.1. The number of halogens is 2. The standard InChI is InChI=1S/C17H18ClFN2O/c1-11-3-8-16(15(19)9-11)21-17(22)10-20-12(2)13-4-6-14(18)7-5-13/h3-9,12,20H,10H2,1-2H3,(H,21,22)/p+1/t12-/m1/s1.